The Labute approximate surface area is 112 Å². The molecule has 0 aliphatic carbocycles. The highest BCUT2D eigenvalue weighted by atomic mass is 32.1. The first-order valence-corrected chi connectivity index (χ1v) is 7.05. The zero-order valence-corrected chi connectivity index (χ0v) is 11.9. The van der Waals surface area contributed by atoms with E-state index in [1.165, 1.54) is 5.56 Å². The molecule has 0 unspecified atom stereocenters. The van der Waals surface area contributed by atoms with Crippen LogP contribution in [0, 0.1) is 6.92 Å². The quantitative estimate of drug-likeness (QED) is 0.859. The summed E-state index contributed by atoms with van der Waals surface area (Å²) >= 11 is 1.71. The summed E-state index contributed by atoms with van der Waals surface area (Å²) in [7, 11) is 0. The molecule has 2 aromatic rings. The van der Waals surface area contributed by atoms with Gasteiger partial charge in [-0.1, -0.05) is 26.0 Å². The van der Waals surface area contributed by atoms with E-state index in [0.717, 1.165) is 34.1 Å². The second kappa shape index (κ2) is 5.48. The van der Waals surface area contributed by atoms with Gasteiger partial charge in [0.2, 0.25) is 0 Å². The predicted molar refractivity (Wildman–Crippen MR) is 77.0 cm³/mol. The lowest BCUT2D eigenvalue weighted by Crippen LogP contribution is -1.95. The third kappa shape index (κ3) is 3.07. The molecule has 1 heterocycles. The van der Waals surface area contributed by atoms with E-state index >= 15 is 0 Å². The number of aryl methyl sites for hydroxylation is 3. The highest BCUT2D eigenvalue weighted by Crippen LogP contribution is 2.21. The van der Waals surface area contributed by atoms with Crippen molar-refractivity contribution in [3.8, 4) is 0 Å². The van der Waals surface area contributed by atoms with Crippen molar-refractivity contribution >= 4 is 17.0 Å². The van der Waals surface area contributed by atoms with Crippen LogP contribution in [0.5, 0.6) is 0 Å². The highest BCUT2D eigenvalue weighted by Gasteiger charge is 2.07. The largest absolute Gasteiger partial charge is 0.399 e. The molecular formula is C14H19N3S. The minimum atomic E-state index is 0.464. The summed E-state index contributed by atoms with van der Waals surface area (Å²) in [6, 6.07) is 6.26. The van der Waals surface area contributed by atoms with Gasteiger partial charge in [-0.15, -0.1) is 21.5 Å². The Kier molecular flexibility index (Phi) is 3.97. The molecule has 0 bridgehead atoms. The second-order valence-electron chi connectivity index (χ2n) is 4.88. The fourth-order valence-electron chi connectivity index (χ4n) is 1.70. The lowest BCUT2D eigenvalue weighted by Gasteiger charge is -2.03. The molecule has 0 spiro atoms. The van der Waals surface area contributed by atoms with Crippen molar-refractivity contribution < 1.29 is 0 Å². The summed E-state index contributed by atoms with van der Waals surface area (Å²) in [5.41, 5.74) is 9.18. The number of nitrogen functional groups attached to an aromatic ring is 1. The van der Waals surface area contributed by atoms with Gasteiger partial charge >= 0.3 is 0 Å². The molecule has 0 saturated heterocycles. The zero-order valence-electron chi connectivity index (χ0n) is 11.1. The van der Waals surface area contributed by atoms with Gasteiger partial charge in [-0.2, -0.15) is 0 Å². The van der Waals surface area contributed by atoms with Crippen molar-refractivity contribution in [3.63, 3.8) is 0 Å². The number of hydrogen-bond acceptors (Lipinski definition) is 4. The number of nitrogens with two attached hydrogens (primary N) is 1. The zero-order chi connectivity index (χ0) is 13.1. The first kappa shape index (κ1) is 13.0. The normalized spacial score (nSPS) is 11.1. The van der Waals surface area contributed by atoms with Gasteiger partial charge in [-0.25, -0.2) is 0 Å². The van der Waals surface area contributed by atoms with Crippen LogP contribution in [-0.4, -0.2) is 10.2 Å². The topological polar surface area (TPSA) is 51.8 Å². The Morgan fingerprint density at radius 3 is 2.61 bits per heavy atom. The Hall–Kier alpha value is -1.42. The van der Waals surface area contributed by atoms with E-state index in [0.29, 0.717) is 5.92 Å². The summed E-state index contributed by atoms with van der Waals surface area (Å²) in [6.45, 7) is 6.31. The maximum atomic E-state index is 5.91. The van der Waals surface area contributed by atoms with E-state index < -0.39 is 0 Å². The fraction of sp³-hybridized carbons (Fsp3) is 0.429. The fourth-order valence-corrected chi connectivity index (χ4v) is 2.54. The number of nitrogens with zero attached hydrogens (tertiary/aromatic N) is 2. The minimum Gasteiger partial charge on any atom is -0.399 e. The van der Waals surface area contributed by atoms with Crippen molar-refractivity contribution in [2.45, 2.75) is 39.5 Å². The highest BCUT2D eigenvalue weighted by molar-refractivity contribution is 7.11. The van der Waals surface area contributed by atoms with Gasteiger partial charge in [0.25, 0.3) is 0 Å². The maximum Gasteiger partial charge on any atom is 0.119 e. The number of rotatable bonds is 4. The number of benzene rings is 1. The molecule has 1 aromatic heterocycles. The van der Waals surface area contributed by atoms with Crippen LogP contribution in [0.2, 0.25) is 0 Å². The Morgan fingerprint density at radius 1 is 1.22 bits per heavy atom. The van der Waals surface area contributed by atoms with Crippen molar-refractivity contribution in [1.82, 2.24) is 10.2 Å². The molecule has 96 valence electrons. The molecule has 4 heteroatoms. The molecule has 2 rings (SSSR count). The average molecular weight is 261 g/mol. The molecule has 2 N–H and O–H groups in total. The van der Waals surface area contributed by atoms with Gasteiger partial charge in [0.1, 0.15) is 10.0 Å². The van der Waals surface area contributed by atoms with E-state index in [1.54, 1.807) is 11.3 Å². The smallest absolute Gasteiger partial charge is 0.119 e. The van der Waals surface area contributed by atoms with Crippen LogP contribution < -0.4 is 5.73 Å². The van der Waals surface area contributed by atoms with Crippen molar-refractivity contribution in [1.29, 1.82) is 0 Å². The Morgan fingerprint density at radius 2 is 2.00 bits per heavy atom. The summed E-state index contributed by atoms with van der Waals surface area (Å²) in [5, 5.41) is 10.7. The second-order valence-corrected chi connectivity index (χ2v) is 5.97. The summed E-state index contributed by atoms with van der Waals surface area (Å²) < 4.78 is 0. The molecule has 1 aromatic carbocycles. The standard InChI is InChI=1S/C14H19N3S/c1-9(2)14-17-16-13(18-14)7-6-11-5-4-10(3)12(15)8-11/h4-5,8-9H,6-7,15H2,1-3H3. The van der Waals surface area contributed by atoms with Crippen molar-refractivity contribution in [3.05, 3.63) is 39.3 Å². The molecule has 0 fully saturated rings. The first-order valence-electron chi connectivity index (χ1n) is 6.23. The van der Waals surface area contributed by atoms with Crippen LogP contribution in [0.25, 0.3) is 0 Å². The third-order valence-electron chi connectivity index (χ3n) is 2.95. The van der Waals surface area contributed by atoms with Crippen LogP contribution in [0.15, 0.2) is 18.2 Å². The minimum absolute atomic E-state index is 0.464. The summed E-state index contributed by atoms with van der Waals surface area (Å²) in [5.74, 6) is 0.464. The van der Waals surface area contributed by atoms with Crippen LogP contribution in [0.3, 0.4) is 0 Å². The average Bonchev–Trinajstić information content (AvgIpc) is 2.79. The number of aromatic nitrogens is 2. The van der Waals surface area contributed by atoms with E-state index in [4.69, 9.17) is 5.73 Å². The SMILES string of the molecule is Cc1ccc(CCc2nnc(C(C)C)s2)cc1N. The van der Waals surface area contributed by atoms with Crippen LogP contribution in [-0.2, 0) is 12.8 Å². The molecular weight excluding hydrogens is 242 g/mol. The lowest BCUT2D eigenvalue weighted by atomic mass is 10.1. The molecule has 0 amide bonds. The van der Waals surface area contributed by atoms with Gasteiger partial charge in [0.15, 0.2) is 0 Å². The van der Waals surface area contributed by atoms with Gasteiger partial charge < -0.3 is 5.73 Å². The van der Waals surface area contributed by atoms with Crippen molar-refractivity contribution in [2.24, 2.45) is 0 Å². The Balaban J connectivity index is 2.00. The molecule has 0 saturated carbocycles. The van der Waals surface area contributed by atoms with Gasteiger partial charge in [0, 0.05) is 18.0 Å². The first-order chi connectivity index (χ1) is 8.56. The van der Waals surface area contributed by atoms with Gasteiger partial charge in [-0.3, -0.25) is 0 Å². The molecule has 18 heavy (non-hydrogen) atoms. The maximum absolute atomic E-state index is 5.91. The van der Waals surface area contributed by atoms with Gasteiger partial charge in [0.05, 0.1) is 0 Å². The summed E-state index contributed by atoms with van der Waals surface area (Å²) in [4.78, 5) is 0. The Bertz CT molecular complexity index is 532. The molecule has 0 radical (unpaired) electrons. The summed E-state index contributed by atoms with van der Waals surface area (Å²) in [6.07, 6.45) is 1.91. The van der Waals surface area contributed by atoms with Crippen molar-refractivity contribution in [2.75, 3.05) is 5.73 Å². The van der Waals surface area contributed by atoms with E-state index in [2.05, 4.69) is 42.2 Å². The van der Waals surface area contributed by atoms with E-state index in [9.17, 15) is 0 Å². The van der Waals surface area contributed by atoms with Crippen LogP contribution in [0.1, 0.15) is 40.9 Å². The molecule has 0 aliphatic heterocycles. The van der Waals surface area contributed by atoms with Crippen LogP contribution >= 0.6 is 11.3 Å². The van der Waals surface area contributed by atoms with Gasteiger partial charge in [-0.05, 0) is 30.5 Å². The monoisotopic (exact) mass is 261 g/mol. The number of anilines is 1. The van der Waals surface area contributed by atoms with E-state index in [-0.39, 0.29) is 0 Å². The molecule has 3 nitrogen and oxygen atoms in total. The molecule has 0 aliphatic rings. The third-order valence-corrected chi connectivity index (χ3v) is 4.23. The number of hydrogen-bond donors (Lipinski definition) is 1. The molecule has 0 atom stereocenters. The van der Waals surface area contributed by atoms with Crippen LogP contribution in [0.4, 0.5) is 5.69 Å². The lowest BCUT2D eigenvalue weighted by molar-refractivity contribution is 0.813. The predicted octanol–water partition coefficient (Wildman–Crippen LogP) is 3.34. The van der Waals surface area contributed by atoms with E-state index in [1.807, 2.05) is 6.92 Å².